The van der Waals surface area contributed by atoms with Gasteiger partial charge in [0.25, 0.3) is 5.91 Å². The minimum Gasteiger partial charge on any atom is -0.285 e. The molecule has 23 heavy (non-hydrogen) atoms. The molecule has 124 valence electrons. The van der Waals surface area contributed by atoms with Gasteiger partial charge in [-0.1, -0.05) is 31.4 Å². The molecule has 0 radical (unpaired) electrons. The number of benzene rings is 1. The van der Waals surface area contributed by atoms with Crippen LogP contribution in [0.25, 0.3) is 0 Å². The zero-order chi connectivity index (χ0) is 17.0. The van der Waals surface area contributed by atoms with Crippen LogP contribution in [0.2, 0.25) is 5.02 Å². The van der Waals surface area contributed by atoms with Crippen LogP contribution in [0.1, 0.15) is 39.0 Å². The van der Waals surface area contributed by atoms with Crippen LogP contribution >= 0.6 is 11.6 Å². The van der Waals surface area contributed by atoms with Crippen molar-refractivity contribution in [2.24, 2.45) is 0 Å². The summed E-state index contributed by atoms with van der Waals surface area (Å²) in [5.41, 5.74) is 0.374. The van der Waals surface area contributed by atoms with Gasteiger partial charge in [-0.05, 0) is 30.7 Å². The number of hydroxylamine groups is 2. The number of nitrogens with zero attached hydrogens (tertiary/aromatic N) is 2. The highest BCUT2D eigenvalue weighted by Gasteiger charge is 2.44. The molecule has 0 unspecified atom stereocenters. The third-order valence-corrected chi connectivity index (χ3v) is 4.00. The van der Waals surface area contributed by atoms with Crippen molar-refractivity contribution in [1.82, 2.24) is 5.06 Å². The number of hydrogen-bond acceptors (Lipinski definition) is 4. The molecule has 0 bridgehead atoms. The molecule has 1 saturated heterocycles. The van der Waals surface area contributed by atoms with E-state index in [0.717, 1.165) is 17.7 Å². The molecular weight excluding hydrogens is 320 g/mol. The summed E-state index contributed by atoms with van der Waals surface area (Å²) in [5.74, 6) is -1.60. The van der Waals surface area contributed by atoms with Gasteiger partial charge in [-0.25, -0.2) is 9.96 Å². The molecule has 1 aromatic rings. The number of anilines is 1. The second kappa shape index (κ2) is 7.57. The van der Waals surface area contributed by atoms with Gasteiger partial charge >= 0.3 is 0 Å². The molecule has 1 atom stereocenters. The van der Waals surface area contributed by atoms with Crippen LogP contribution in [0.3, 0.4) is 0 Å². The number of halogens is 1. The van der Waals surface area contributed by atoms with Gasteiger partial charge in [-0.15, -0.1) is 0 Å². The van der Waals surface area contributed by atoms with Crippen molar-refractivity contribution in [2.45, 2.75) is 45.1 Å². The Kier molecular flexibility index (Phi) is 5.74. The van der Waals surface area contributed by atoms with Crippen molar-refractivity contribution in [2.75, 3.05) is 4.90 Å². The van der Waals surface area contributed by atoms with Gasteiger partial charge in [-0.3, -0.25) is 19.6 Å². The maximum Gasteiger partial charge on any atom is 0.259 e. The van der Waals surface area contributed by atoms with E-state index in [1.807, 2.05) is 6.92 Å². The molecule has 1 heterocycles. The molecule has 0 aromatic heterocycles. The van der Waals surface area contributed by atoms with Gasteiger partial charge in [0.1, 0.15) is 6.04 Å². The average Bonchev–Trinajstić information content (AvgIpc) is 2.82. The fraction of sp³-hybridized carbons (Fsp3) is 0.438. The van der Waals surface area contributed by atoms with Gasteiger partial charge in [0, 0.05) is 11.4 Å². The van der Waals surface area contributed by atoms with Crippen molar-refractivity contribution in [1.29, 1.82) is 0 Å². The predicted molar refractivity (Wildman–Crippen MR) is 85.1 cm³/mol. The standard InChI is InChI=1S/C16H19ClN2O4/c1-2-3-4-5-14(20)19(23)13-10-15(21)18(16(13)22)12-8-6-11(17)7-9-12/h6-9,13,23H,2-5,10H2,1H3/t13-/m1/s1. The Bertz CT molecular complexity index is 603. The van der Waals surface area contributed by atoms with Gasteiger partial charge < -0.3 is 0 Å². The third-order valence-electron chi connectivity index (χ3n) is 3.75. The van der Waals surface area contributed by atoms with E-state index in [1.165, 1.54) is 0 Å². The third kappa shape index (κ3) is 3.89. The predicted octanol–water partition coefficient (Wildman–Crippen LogP) is 2.77. The topological polar surface area (TPSA) is 77.9 Å². The zero-order valence-corrected chi connectivity index (χ0v) is 13.6. The van der Waals surface area contributed by atoms with Crippen LogP contribution in [-0.4, -0.2) is 34.0 Å². The Labute approximate surface area is 139 Å². The molecule has 1 aliphatic heterocycles. The quantitative estimate of drug-likeness (QED) is 0.374. The van der Waals surface area contributed by atoms with Gasteiger partial charge in [0.2, 0.25) is 11.8 Å². The summed E-state index contributed by atoms with van der Waals surface area (Å²) >= 11 is 5.79. The van der Waals surface area contributed by atoms with Crippen LogP contribution in [0.4, 0.5) is 5.69 Å². The van der Waals surface area contributed by atoms with Crippen molar-refractivity contribution in [3.8, 4) is 0 Å². The highest BCUT2D eigenvalue weighted by Crippen LogP contribution is 2.26. The fourth-order valence-electron chi connectivity index (χ4n) is 2.48. The van der Waals surface area contributed by atoms with E-state index in [-0.39, 0.29) is 12.8 Å². The summed E-state index contributed by atoms with van der Waals surface area (Å²) < 4.78 is 0. The van der Waals surface area contributed by atoms with E-state index in [4.69, 9.17) is 11.6 Å². The first-order valence-corrected chi connectivity index (χ1v) is 7.96. The minimum absolute atomic E-state index is 0.156. The number of rotatable bonds is 6. The van der Waals surface area contributed by atoms with Crippen LogP contribution in [0.5, 0.6) is 0 Å². The highest BCUT2D eigenvalue weighted by atomic mass is 35.5. The van der Waals surface area contributed by atoms with Gasteiger partial charge in [0.15, 0.2) is 0 Å². The van der Waals surface area contributed by atoms with Gasteiger partial charge in [0.05, 0.1) is 12.1 Å². The Morgan fingerprint density at radius 2 is 1.96 bits per heavy atom. The van der Waals surface area contributed by atoms with E-state index >= 15 is 0 Å². The lowest BCUT2D eigenvalue weighted by molar-refractivity contribution is -0.177. The van der Waals surface area contributed by atoms with E-state index in [2.05, 4.69) is 0 Å². The Morgan fingerprint density at radius 1 is 1.30 bits per heavy atom. The van der Waals surface area contributed by atoms with Crippen molar-refractivity contribution < 1.29 is 19.6 Å². The van der Waals surface area contributed by atoms with Gasteiger partial charge in [-0.2, -0.15) is 0 Å². The normalized spacial score (nSPS) is 17.7. The number of imide groups is 1. The molecule has 1 aliphatic rings. The van der Waals surface area contributed by atoms with Crippen LogP contribution in [-0.2, 0) is 14.4 Å². The minimum atomic E-state index is -1.16. The second-order valence-corrected chi connectivity index (χ2v) is 5.90. The molecular formula is C16H19ClN2O4. The molecule has 1 N–H and O–H groups in total. The molecule has 6 nitrogen and oxygen atoms in total. The van der Waals surface area contributed by atoms with E-state index < -0.39 is 23.8 Å². The smallest absolute Gasteiger partial charge is 0.259 e. The summed E-state index contributed by atoms with van der Waals surface area (Å²) in [6, 6.07) is 5.07. The summed E-state index contributed by atoms with van der Waals surface area (Å²) in [4.78, 5) is 37.4. The van der Waals surface area contributed by atoms with E-state index in [0.29, 0.717) is 22.2 Å². The van der Waals surface area contributed by atoms with Crippen LogP contribution in [0, 0.1) is 0 Å². The van der Waals surface area contributed by atoms with E-state index in [9.17, 15) is 19.6 Å². The molecule has 1 fully saturated rings. The fourth-order valence-corrected chi connectivity index (χ4v) is 2.61. The molecule has 0 spiro atoms. The first kappa shape index (κ1) is 17.4. The zero-order valence-electron chi connectivity index (χ0n) is 12.9. The maximum absolute atomic E-state index is 12.4. The Hall–Kier alpha value is -1.92. The molecule has 0 aliphatic carbocycles. The first-order chi connectivity index (χ1) is 11.0. The lowest BCUT2D eigenvalue weighted by Crippen LogP contribution is -2.43. The lowest BCUT2D eigenvalue weighted by atomic mass is 10.1. The summed E-state index contributed by atoms with van der Waals surface area (Å²) in [6.45, 7) is 2.00. The number of hydrogen-bond donors (Lipinski definition) is 1. The second-order valence-electron chi connectivity index (χ2n) is 5.46. The molecule has 2 rings (SSSR count). The summed E-state index contributed by atoms with van der Waals surface area (Å²) in [6.07, 6.45) is 2.39. The Morgan fingerprint density at radius 3 is 2.57 bits per heavy atom. The highest BCUT2D eigenvalue weighted by molar-refractivity contribution is 6.30. The number of carbonyl (C=O) groups is 3. The molecule has 0 saturated carbocycles. The number of unbranched alkanes of at least 4 members (excludes halogenated alkanes) is 2. The Balaban J connectivity index is 2.08. The van der Waals surface area contributed by atoms with Crippen molar-refractivity contribution in [3.63, 3.8) is 0 Å². The maximum atomic E-state index is 12.4. The lowest BCUT2D eigenvalue weighted by Gasteiger charge is -2.21. The largest absolute Gasteiger partial charge is 0.285 e. The average molecular weight is 339 g/mol. The SMILES string of the molecule is CCCCCC(=O)N(O)[C@@H]1CC(=O)N(c2ccc(Cl)cc2)C1=O. The molecule has 3 amide bonds. The number of amides is 3. The summed E-state index contributed by atoms with van der Waals surface area (Å²) in [7, 11) is 0. The van der Waals surface area contributed by atoms with Crippen molar-refractivity contribution in [3.05, 3.63) is 29.3 Å². The monoisotopic (exact) mass is 338 g/mol. The number of carbonyl (C=O) groups excluding carboxylic acids is 3. The van der Waals surface area contributed by atoms with Crippen LogP contribution in [0.15, 0.2) is 24.3 Å². The summed E-state index contributed by atoms with van der Waals surface area (Å²) in [5, 5.41) is 10.9. The molecule has 1 aromatic carbocycles. The van der Waals surface area contributed by atoms with E-state index in [1.54, 1.807) is 24.3 Å². The van der Waals surface area contributed by atoms with Crippen LogP contribution < -0.4 is 4.90 Å². The van der Waals surface area contributed by atoms with Crippen molar-refractivity contribution >= 4 is 35.0 Å². The molecule has 7 heteroatoms. The first-order valence-electron chi connectivity index (χ1n) is 7.59.